The molecule has 2 aliphatic heterocycles. The predicted octanol–water partition coefficient (Wildman–Crippen LogP) is 4.06. The lowest BCUT2D eigenvalue weighted by Gasteiger charge is -2.42. The number of amides is 2. The Labute approximate surface area is 203 Å². The lowest BCUT2D eigenvalue weighted by molar-refractivity contribution is -0.143. The fourth-order valence-corrected chi connectivity index (χ4v) is 6.66. The Bertz CT molecular complexity index is 1100. The third-order valence-electron chi connectivity index (χ3n) is 6.73. The van der Waals surface area contributed by atoms with E-state index >= 15 is 0 Å². The highest BCUT2D eigenvalue weighted by molar-refractivity contribution is 7.10. The molecule has 3 aromatic rings. The fourth-order valence-electron chi connectivity index (χ4n) is 5.06. The summed E-state index contributed by atoms with van der Waals surface area (Å²) in [5, 5.41) is 4.17. The van der Waals surface area contributed by atoms with Gasteiger partial charge in [0.1, 0.15) is 0 Å². The van der Waals surface area contributed by atoms with Gasteiger partial charge >= 0.3 is 0 Å². The molecule has 0 saturated carbocycles. The third kappa shape index (κ3) is 4.76. The molecule has 5 nitrogen and oxygen atoms in total. The van der Waals surface area contributed by atoms with Gasteiger partial charge in [0, 0.05) is 42.0 Å². The van der Waals surface area contributed by atoms with Crippen LogP contribution in [-0.4, -0.2) is 65.3 Å². The fraction of sp³-hybridized carbons (Fsp3) is 0.385. The van der Waals surface area contributed by atoms with Crippen LogP contribution in [0.3, 0.4) is 0 Å². The number of piperazine rings is 1. The molecule has 5 rings (SSSR count). The highest BCUT2D eigenvalue weighted by Gasteiger charge is 2.34. The molecule has 4 heterocycles. The minimum absolute atomic E-state index is 0.0323. The van der Waals surface area contributed by atoms with E-state index in [1.54, 1.807) is 11.3 Å². The second kappa shape index (κ2) is 9.79. The maximum absolute atomic E-state index is 13.4. The number of fused-ring (bicyclic) bond motifs is 1. The molecule has 2 atom stereocenters. The van der Waals surface area contributed by atoms with E-state index in [-0.39, 0.29) is 23.9 Å². The molecule has 7 heteroatoms. The first-order chi connectivity index (χ1) is 16.1. The van der Waals surface area contributed by atoms with Crippen LogP contribution in [0.2, 0.25) is 0 Å². The molecule has 0 radical (unpaired) electrons. The first-order valence-electron chi connectivity index (χ1n) is 11.5. The summed E-state index contributed by atoms with van der Waals surface area (Å²) in [4.78, 5) is 34.9. The normalized spacial score (nSPS) is 21.1. The van der Waals surface area contributed by atoms with E-state index in [1.807, 2.05) is 44.7 Å². The topological polar surface area (TPSA) is 43.9 Å². The van der Waals surface area contributed by atoms with Gasteiger partial charge in [-0.05, 0) is 47.4 Å². The zero-order valence-corrected chi connectivity index (χ0v) is 20.5. The van der Waals surface area contributed by atoms with Crippen molar-refractivity contribution in [2.24, 2.45) is 0 Å². The van der Waals surface area contributed by atoms with Crippen molar-refractivity contribution in [1.82, 2.24) is 14.7 Å². The van der Waals surface area contributed by atoms with Crippen molar-refractivity contribution in [1.29, 1.82) is 0 Å². The van der Waals surface area contributed by atoms with E-state index in [9.17, 15) is 9.59 Å². The molecule has 0 aliphatic carbocycles. The third-order valence-corrected chi connectivity index (χ3v) is 8.60. The first-order valence-corrected chi connectivity index (χ1v) is 13.3. The zero-order chi connectivity index (χ0) is 22.8. The smallest absolute Gasteiger partial charge is 0.236 e. The summed E-state index contributed by atoms with van der Waals surface area (Å²) < 4.78 is 0. The Morgan fingerprint density at radius 2 is 1.79 bits per heavy atom. The van der Waals surface area contributed by atoms with Gasteiger partial charge < -0.3 is 9.80 Å². The molecule has 172 valence electrons. The lowest BCUT2D eigenvalue weighted by Crippen LogP contribution is -2.57. The predicted molar refractivity (Wildman–Crippen MR) is 134 cm³/mol. The Balaban J connectivity index is 1.24. The minimum atomic E-state index is 0.0323. The molecule has 1 fully saturated rings. The van der Waals surface area contributed by atoms with Crippen LogP contribution in [0, 0.1) is 0 Å². The number of thiophene rings is 2. The van der Waals surface area contributed by atoms with E-state index in [0.717, 1.165) is 17.8 Å². The van der Waals surface area contributed by atoms with Gasteiger partial charge in [-0.15, -0.1) is 22.7 Å². The number of rotatable bonds is 5. The molecular weight excluding hydrogens is 450 g/mol. The Morgan fingerprint density at radius 1 is 0.939 bits per heavy atom. The van der Waals surface area contributed by atoms with Gasteiger partial charge in [-0.3, -0.25) is 14.5 Å². The van der Waals surface area contributed by atoms with Gasteiger partial charge in [-0.2, -0.15) is 0 Å². The summed E-state index contributed by atoms with van der Waals surface area (Å²) in [6, 6.07) is 16.9. The van der Waals surface area contributed by atoms with Gasteiger partial charge in [0.15, 0.2) is 0 Å². The van der Waals surface area contributed by atoms with Crippen LogP contribution in [0.1, 0.15) is 33.8 Å². The molecule has 0 spiro atoms. The summed E-state index contributed by atoms with van der Waals surface area (Å²) in [6.45, 7) is 5.15. The molecule has 33 heavy (non-hydrogen) atoms. The Morgan fingerprint density at radius 3 is 2.55 bits per heavy atom. The molecule has 2 aromatic heterocycles. The number of nitrogens with zero attached hydrogens (tertiary/aromatic N) is 3. The van der Waals surface area contributed by atoms with E-state index in [2.05, 4.69) is 47.5 Å². The quantitative estimate of drug-likeness (QED) is 0.554. The maximum atomic E-state index is 13.4. The molecule has 0 bridgehead atoms. The van der Waals surface area contributed by atoms with Crippen LogP contribution in [0.4, 0.5) is 0 Å². The van der Waals surface area contributed by atoms with Gasteiger partial charge in [0.2, 0.25) is 11.8 Å². The standard InChI is InChI=1S/C26H29N3O2S2/c1-19-17-27(12-13-29(19)24(30)16-21-8-5-14-32-21)25(31)18-28-11-9-23-22(10-15-33-23)26(28)20-6-3-2-4-7-20/h2-8,10,14-15,19,26H,9,11-13,16-18H2,1H3. The van der Waals surface area contributed by atoms with Crippen molar-refractivity contribution in [2.45, 2.75) is 31.8 Å². The van der Waals surface area contributed by atoms with Crippen LogP contribution in [-0.2, 0) is 22.4 Å². The van der Waals surface area contributed by atoms with Gasteiger partial charge in [0.25, 0.3) is 0 Å². The monoisotopic (exact) mass is 479 g/mol. The van der Waals surface area contributed by atoms with Crippen LogP contribution in [0.5, 0.6) is 0 Å². The highest BCUT2D eigenvalue weighted by Crippen LogP contribution is 2.37. The molecule has 2 unspecified atom stereocenters. The van der Waals surface area contributed by atoms with Crippen LogP contribution < -0.4 is 0 Å². The van der Waals surface area contributed by atoms with E-state index in [4.69, 9.17) is 0 Å². The molecule has 2 aliphatic rings. The van der Waals surface area contributed by atoms with Crippen LogP contribution >= 0.6 is 22.7 Å². The number of carbonyl (C=O) groups excluding carboxylic acids is 2. The second-order valence-electron chi connectivity index (χ2n) is 8.86. The van der Waals surface area contributed by atoms with Crippen molar-refractivity contribution < 1.29 is 9.59 Å². The van der Waals surface area contributed by atoms with Crippen molar-refractivity contribution in [2.75, 3.05) is 32.7 Å². The summed E-state index contributed by atoms with van der Waals surface area (Å²) in [6.07, 6.45) is 1.44. The van der Waals surface area contributed by atoms with Gasteiger partial charge in [0.05, 0.1) is 19.0 Å². The van der Waals surface area contributed by atoms with Crippen molar-refractivity contribution >= 4 is 34.5 Å². The highest BCUT2D eigenvalue weighted by atomic mass is 32.1. The van der Waals surface area contributed by atoms with Gasteiger partial charge in [-0.25, -0.2) is 0 Å². The molecule has 1 aromatic carbocycles. The number of hydrogen-bond acceptors (Lipinski definition) is 5. The van der Waals surface area contributed by atoms with Crippen LogP contribution in [0.15, 0.2) is 59.3 Å². The maximum Gasteiger partial charge on any atom is 0.236 e. The summed E-state index contributed by atoms with van der Waals surface area (Å²) in [5.41, 5.74) is 2.57. The largest absolute Gasteiger partial charge is 0.338 e. The van der Waals surface area contributed by atoms with Crippen molar-refractivity contribution in [3.05, 3.63) is 80.2 Å². The van der Waals surface area contributed by atoms with Gasteiger partial charge in [-0.1, -0.05) is 36.4 Å². The van der Waals surface area contributed by atoms with Crippen LogP contribution in [0.25, 0.3) is 0 Å². The summed E-state index contributed by atoms with van der Waals surface area (Å²) in [7, 11) is 0. The molecule has 0 N–H and O–H groups in total. The average molecular weight is 480 g/mol. The minimum Gasteiger partial charge on any atom is -0.338 e. The molecular formula is C26H29N3O2S2. The average Bonchev–Trinajstić information content (AvgIpc) is 3.51. The zero-order valence-electron chi connectivity index (χ0n) is 18.9. The Hall–Kier alpha value is -2.48. The summed E-state index contributed by atoms with van der Waals surface area (Å²) in [5.74, 6) is 0.314. The molecule has 1 saturated heterocycles. The lowest BCUT2D eigenvalue weighted by atomic mass is 9.93. The number of hydrogen-bond donors (Lipinski definition) is 0. The first kappa shape index (κ1) is 22.3. The van der Waals surface area contributed by atoms with Crippen molar-refractivity contribution in [3.63, 3.8) is 0 Å². The number of carbonyl (C=O) groups is 2. The van der Waals surface area contributed by atoms with Crippen molar-refractivity contribution in [3.8, 4) is 0 Å². The van der Waals surface area contributed by atoms with E-state index < -0.39 is 0 Å². The van der Waals surface area contributed by atoms with E-state index in [1.165, 1.54) is 16.0 Å². The Kier molecular flexibility index (Phi) is 6.62. The molecule has 2 amide bonds. The summed E-state index contributed by atoms with van der Waals surface area (Å²) >= 11 is 3.44. The van der Waals surface area contributed by atoms with E-state index in [0.29, 0.717) is 32.6 Å². The second-order valence-corrected chi connectivity index (χ2v) is 10.9. The number of benzene rings is 1. The SMILES string of the molecule is CC1CN(C(=O)CN2CCc3sccc3C2c2ccccc2)CCN1C(=O)Cc1cccs1.